The van der Waals surface area contributed by atoms with Crippen LogP contribution < -0.4 is 5.32 Å². The number of H-pyrrole nitrogens is 1. The maximum absolute atomic E-state index is 9.58. The normalized spacial score (nSPS) is 12.5. The van der Waals surface area contributed by atoms with E-state index in [9.17, 15) is 5.11 Å². The predicted molar refractivity (Wildman–Crippen MR) is 80.5 cm³/mol. The number of aromatic nitrogens is 4. The monoisotopic (exact) mass is 303 g/mol. The molecule has 108 valence electrons. The number of anilines is 1. The number of fused-ring (bicyclic) bond motifs is 1. The van der Waals surface area contributed by atoms with E-state index < -0.39 is 0 Å². The summed E-state index contributed by atoms with van der Waals surface area (Å²) >= 11 is 5.93. The molecule has 0 unspecified atom stereocenters. The van der Waals surface area contributed by atoms with E-state index in [4.69, 9.17) is 11.6 Å². The number of rotatable bonds is 5. The molecule has 2 heterocycles. The Balaban J connectivity index is 1.81. The van der Waals surface area contributed by atoms with E-state index in [0.29, 0.717) is 23.8 Å². The van der Waals surface area contributed by atoms with E-state index in [1.807, 2.05) is 30.3 Å². The molecule has 0 saturated carbocycles. The molecule has 2 aliphatic heterocycles. The van der Waals surface area contributed by atoms with Crippen LogP contribution in [0.3, 0.4) is 0 Å². The lowest BCUT2D eigenvalue weighted by Crippen LogP contribution is -2.27. The number of nitrogens with zero attached hydrogens (tertiary/aromatic N) is 3. The van der Waals surface area contributed by atoms with Gasteiger partial charge in [0.1, 0.15) is 17.8 Å². The van der Waals surface area contributed by atoms with Gasteiger partial charge in [0.25, 0.3) is 0 Å². The zero-order valence-corrected chi connectivity index (χ0v) is 11.9. The Morgan fingerprint density at radius 1 is 1.24 bits per heavy atom. The van der Waals surface area contributed by atoms with Gasteiger partial charge in [-0.3, -0.25) is 0 Å². The second-order valence-electron chi connectivity index (χ2n) is 4.66. The van der Waals surface area contributed by atoms with Crippen molar-refractivity contribution in [1.29, 1.82) is 0 Å². The first-order chi connectivity index (χ1) is 10.3. The van der Waals surface area contributed by atoms with Crippen molar-refractivity contribution in [2.75, 3.05) is 11.9 Å². The standard InChI is InChI=1S/C14H14ClN5O/c15-14-19-12-11(16-8-17-12)13(20-14)18-10(7-21)6-9-4-2-1-3-5-9/h1-5,8,10,21H,6-7H2,(H2,16,17,18,19,20)/t10-/m0/s1. The molecule has 0 bridgehead atoms. The third kappa shape index (κ3) is 3.12. The summed E-state index contributed by atoms with van der Waals surface area (Å²) in [5, 5.41) is 13.0. The average molecular weight is 304 g/mol. The number of aliphatic hydroxyl groups is 1. The minimum atomic E-state index is -0.165. The summed E-state index contributed by atoms with van der Waals surface area (Å²) in [4.78, 5) is 15.1. The molecule has 0 fully saturated rings. The van der Waals surface area contributed by atoms with E-state index in [-0.39, 0.29) is 17.9 Å². The Labute approximate surface area is 126 Å². The summed E-state index contributed by atoms with van der Waals surface area (Å²) in [6, 6.07) is 9.78. The second kappa shape index (κ2) is 6.07. The lowest BCUT2D eigenvalue weighted by atomic mass is 10.1. The lowest BCUT2D eigenvalue weighted by molar-refractivity contribution is 0.273. The van der Waals surface area contributed by atoms with Gasteiger partial charge < -0.3 is 15.4 Å². The van der Waals surface area contributed by atoms with Crippen molar-refractivity contribution in [2.45, 2.75) is 12.5 Å². The summed E-state index contributed by atoms with van der Waals surface area (Å²) in [6.07, 6.45) is 2.11. The van der Waals surface area contributed by atoms with E-state index in [0.717, 1.165) is 5.56 Å². The Morgan fingerprint density at radius 3 is 2.81 bits per heavy atom. The number of benzene rings is 1. The molecule has 1 atom stereocenters. The predicted octanol–water partition coefficient (Wildman–Crippen LogP) is 1.97. The zero-order valence-electron chi connectivity index (χ0n) is 11.1. The Kier molecular flexibility index (Phi) is 3.98. The van der Waals surface area contributed by atoms with Crippen molar-refractivity contribution in [3.63, 3.8) is 0 Å². The fourth-order valence-corrected chi connectivity index (χ4v) is 2.34. The van der Waals surface area contributed by atoms with Gasteiger partial charge in [0, 0.05) is 0 Å². The smallest absolute Gasteiger partial charge is 0.203 e. The lowest BCUT2D eigenvalue weighted by Gasteiger charge is -2.18. The maximum Gasteiger partial charge on any atom is 0.203 e. The summed E-state index contributed by atoms with van der Waals surface area (Å²) in [5.74, 6) is 1.08. The molecule has 0 amide bonds. The summed E-state index contributed by atoms with van der Waals surface area (Å²) in [6.45, 7) is -0.0156. The highest BCUT2D eigenvalue weighted by Crippen LogP contribution is 2.25. The largest absolute Gasteiger partial charge is 0.394 e. The Bertz CT molecular complexity index is 687. The van der Waals surface area contributed by atoms with Crippen LogP contribution in [0.5, 0.6) is 0 Å². The minimum absolute atomic E-state index is 0.0156. The Hall–Kier alpha value is -2.18. The molecule has 2 aliphatic rings. The third-order valence-electron chi connectivity index (χ3n) is 3.14. The van der Waals surface area contributed by atoms with Crippen LogP contribution in [0, 0.1) is 0 Å². The van der Waals surface area contributed by atoms with Crippen molar-refractivity contribution in [2.24, 2.45) is 0 Å². The second-order valence-corrected chi connectivity index (χ2v) is 5.02. The number of hydrogen-bond acceptors (Lipinski definition) is 5. The van der Waals surface area contributed by atoms with Crippen LogP contribution >= 0.6 is 11.6 Å². The molecule has 0 aliphatic carbocycles. The van der Waals surface area contributed by atoms with Crippen LogP contribution in [-0.2, 0) is 6.42 Å². The van der Waals surface area contributed by atoms with Gasteiger partial charge in [0.2, 0.25) is 5.28 Å². The van der Waals surface area contributed by atoms with Crippen molar-refractivity contribution in [1.82, 2.24) is 19.9 Å². The van der Waals surface area contributed by atoms with Crippen molar-refractivity contribution < 1.29 is 5.11 Å². The zero-order chi connectivity index (χ0) is 14.7. The number of aromatic amines is 1. The SMILES string of the molecule is OC[C@H](Cc1ccccc1)Nc1[nH]c(Cl)nc2ncnc1-2. The number of halogens is 1. The van der Waals surface area contributed by atoms with Gasteiger partial charge in [-0.15, -0.1) is 0 Å². The highest BCUT2D eigenvalue weighted by atomic mass is 35.5. The van der Waals surface area contributed by atoms with Crippen molar-refractivity contribution >= 4 is 17.4 Å². The molecular weight excluding hydrogens is 290 g/mol. The molecule has 3 N–H and O–H groups in total. The molecule has 0 spiro atoms. The fraction of sp³-hybridized carbons (Fsp3) is 0.214. The molecule has 0 radical (unpaired) electrons. The first-order valence-corrected chi connectivity index (χ1v) is 6.91. The average Bonchev–Trinajstić information content (AvgIpc) is 2.96. The molecule has 7 heteroatoms. The van der Waals surface area contributed by atoms with E-state index in [2.05, 4.69) is 25.3 Å². The molecule has 6 nitrogen and oxygen atoms in total. The molecule has 3 rings (SSSR count). The number of hydrogen-bond donors (Lipinski definition) is 3. The third-order valence-corrected chi connectivity index (χ3v) is 3.32. The van der Waals surface area contributed by atoms with Crippen LogP contribution in [0.4, 0.5) is 5.82 Å². The maximum atomic E-state index is 9.58. The van der Waals surface area contributed by atoms with Crippen LogP contribution in [0.2, 0.25) is 5.28 Å². The Morgan fingerprint density at radius 2 is 2.05 bits per heavy atom. The molecule has 0 aromatic heterocycles. The van der Waals surface area contributed by atoms with Crippen LogP contribution in [0.1, 0.15) is 5.56 Å². The van der Waals surface area contributed by atoms with Crippen LogP contribution in [0.15, 0.2) is 36.7 Å². The van der Waals surface area contributed by atoms with Crippen LogP contribution in [-0.4, -0.2) is 37.7 Å². The van der Waals surface area contributed by atoms with Gasteiger partial charge in [0.15, 0.2) is 5.82 Å². The molecule has 1 aromatic carbocycles. The van der Waals surface area contributed by atoms with Gasteiger partial charge in [-0.25, -0.2) is 9.97 Å². The van der Waals surface area contributed by atoms with E-state index in [1.165, 1.54) is 6.33 Å². The highest BCUT2D eigenvalue weighted by molar-refractivity contribution is 6.28. The van der Waals surface area contributed by atoms with Gasteiger partial charge in [-0.2, -0.15) is 4.98 Å². The molecular formula is C14H14ClN5O. The summed E-state index contributed by atoms with van der Waals surface area (Å²) in [5.41, 5.74) is 1.74. The van der Waals surface area contributed by atoms with Crippen molar-refractivity contribution in [3.8, 4) is 11.5 Å². The van der Waals surface area contributed by atoms with E-state index in [1.54, 1.807) is 0 Å². The molecule has 0 saturated heterocycles. The summed E-state index contributed by atoms with van der Waals surface area (Å²) < 4.78 is 0. The number of imidazole rings is 1. The van der Waals surface area contributed by atoms with Gasteiger partial charge in [0.05, 0.1) is 12.6 Å². The minimum Gasteiger partial charge on any atom is -0.394 e. The summed E-state index contributed by atoms with van der Waals surface area (Å²) in [7, 11) is 0. The highest BCUT2D eigenvalue weighted by Gasteiger charge is 2.18. The van der Waals surface area contributed by atoms with Gasteiger partial charge >= 0.3 is 0 Å². The van der Waals surface area contributed by atoms with E-state index >= 15 is 0 Å². The van der Waals surface area contributed by atoms with Crippen LogP contribution in [0.25, 0.3) is 11.5 Å². The quantitative estimate of drug-likeness (QED) is 0.627. The van der Waals surface area contributed by atoms with Gasteiger partial charge in [-0.05, 0) is 23.6 Å². The topological polar surface area (TPSA) is 86.7 Å². The van der Waals surface area contributed by atoms with Gasteiger partial charge in [-0.1, -0.05) is 30.3 Å². The fourth-order valence-electron chi connectivity index (χ4n) is 2.17. The first-order valence-electron chi connectivity index (χ1n) is 6.54. The first kappa shape index (κ1) is 13.8. The number of nitrogens with one attached hydrogen (secondary N) is 2. The molecule has 21 heavy (non-hydrogen) atoms. The molecule has 1 aromatic rings. The number of aliphatic hydroxyl groups excluding tert-OH is 1. The van der Waals surface area contributed by atoms with Crippen molar-refractivity contribution in [3.05, 3.63) is 47.5 Å².